The van der Waals surface area contributed by atoms with Crippen molar-refractivity contribution >= 4 is 11.5 Å². The molecule has 0 aliphatic carbocycles. The summed E-state index contributed by atoms with van der Waals surface area (Å²) in [4.78, 5) is 17.3. The van der Waals surface area contributed by atoms with Gasteiger partial charge >= 0.3 is 5.97 Å². The number of likely N-dealkylation sites (N-methyl/N-ethyl adjacent to an activating group) is 2. The van der Waals surface area contributed by atoms with Gasteiger partial charge in [0.25, 0.3) is 0 Å². The van der Waals surface area contributed by atoms with Crippen LogP contribution in [-0.4, -0.2) is 61.6 Å². The number of nitrogens with zero attached hydrogens (tertiary/aromatic N) is 2. The van der Waals surface area contributed by atoms with E-state index in [4.69, 9.17) is 4.74 Å². The Hall–Kier alpha value is -1.65. The summed E-state index contributed by atoms with van der Waals surface area (Å²) >= 11 is 0. The molecule has 2 unspecified atom stereocenters. The summed E-state index contributed by atoms with van der Waals surface area (Å²) in [7, 11) is 4.26. The fourth-order valence-electron chi connectivity index (χ4n) is 3.67. The predicted molar refractivity (Wildman–Crippen MR) is 87.4 cm³/mol. The lowest BCUT2D eigenvalue weighted by Crippen LogP contribution is -2.59. The van der Waals surface area contributed by atoms with Crippen LogP contribution in [0.3, 0.4) is 0 Å². The highest BCUT2D eigenvalue weighted by Crippen LogP contribution is 2.37. The first-order valence-corrected chi connectivity index (χ1v) is 7.97. The van der Waals surface area contributed by atoms with E-state index in [0.29, 0.717) is 12.6 Å². The molecule has 0 aromatic heterocycles. The lowest BCUT2D eigenvalue weighted by atomic mass is 9.82. The maximum atomic E-state index is 12.6. The second-order valence-corrected chi connectivity index (χ2v) is 6.24. The van der Waals surface area contributed by atoms with Crippen LogP contribution in [0.4, 0.5) is 0 Å². The smallest absolute Gasteiger partial charge is 0.335 e. The molecule has 2 aliphatic rings. The molecule has 0 spiro atoms. The zero-order chi connectivity index (χ0) is 15.7. The van der Waals surface area contributed by atoms with Crippen LogP contribution in [0.5, 0.6) is 0 Å². The number of benzene rings is 1. The molecular weight excluding hydrogens is 276 g/mol. The summed E-state index contributed by atoms with van der Waals surface area (Å²) in [5.41, 5.74) is 3.16. The molecule has 0 saturated carbocycles. The van der Waals surface area contributed by atoms with Crippen LogP contribution >= 0.6 is 0 Å². The van der Waals surface area contributed by atoms with Crippen LogP contribution in [0, 0.1) is 0 Å². The van der Waals surface area contributed by atoms with Gasteiger partial charge in [0.2, 0.25) is 0 Å². The van der Waals surface area contributed by atoms with Crippen LogP contribution in [0.25, 0.3) is 5.57 Å². The van der Waals surface area contributed by atoms with E-state index in [0.717, 1.165) is 30.6 Å². The number of esters is 1. The number of carbonyl (C=O) groups excluding carboxylic acids is 1. The van der Waals surface area contributed by atoms with Crippen molar-refractivity contribution < 1.29 is 9.53 Å². The molecule has 0 radical (unpaired) electrons. The highest BCUT2D eigenvalue weighted by Gasteiger charge is 2.41. The van der Waals surface area contributed by atoms with Crippen molar-refractivity contribution in [3.05, 3.63) is 41.5 Å². The van der Waals surface area contributed by atoms with E-state index in [-0.39, 0.29) is 12.0 Å². The van der Waals surface area contributed by atoms with E-state index in [1.807, 2.05) is 25.1 Å². The lowest BCUT2D eigenvalue weighted by molar-refractivity contribution is -0.139. The van der Waals surface area contributed by atoms with E-state index in [1.165, 1.54) is 5.57 Å². The maximum absolute atomic E-state index is 12.6. The Labute approximate surface area is 132 Å². The van der Waals surface area contributed by atoms with E-state index < -0.39 is 0 Å². The Morgan fingerprint density at radius 2 is 1.95 bits per heavy atom. The van der Waals surface area contributed by atoms with Crippen molar-refractivity contribution in [3.8, 4) is 0 Å². The van der Waals surface area contributed by atoms with Crippen molar-refractivity contribution in [1.29, 1.82) is 0 Å². The van der Waals surface area contributed by atoms with Crippen molar-refractivity contribution in [3.63, 3.8) is 0 Å². The zero-order valence-corrected chi connectivity index (χ0v) is 13.6. The molecule has 2 atom stereocenters. The Bertz CT molecular complexity index is 582. The van der Waals surface area contributed by atoms with Gasteiger partial charge in [-0.1, -0.05) is 30.3 Å². The average Bonchev–Trinajstić information content (AvgIpc) is 2.50. The summed E-state index contributed by atoms with van der Waals surface area (Å²) in [5.74, 6) is -0.160. The molecule has 4 heteroatoms. The van der Waals surface area contributed by atoms with Crippen LogP contribution in [0.2, 0.25) is 0 Å². The van der Waals surface area contributed by atoms with Gasteiger partial charge in [-0.3, -0.25) is 4.90 Å². The Kier molecular flexibility index (Phi) is 4.32. The molecule has 3 rings (SSSR count). The summed E-state index contributed by atoms with van der Waals surface area (Å²) in [6.07, 6.45) is 0.898. The lowest BCUT2D eigenvalue weighted by Gasteiger charge is -2.48. The molecule has 1 aromatic rings. The van der Waals surface area contributed by atoms with E-state index >= 15 is 0 Å². The predicted octanol–water partition coefficient (Wildman–Crippen LogP) is 2.02. The first-order chi connectivity index (χ1) is 10.6. The van der Waals surface area contributed by atoms with Gasteiger partial charge in [-0.05, 0) is 38.6 Å². The second kappa shape index (κ2) is 6.23. The quantitative estimate of drug-likeness (QED) is 0.800. The Balaban J connectivity index is 2.09. The van der Waals surface area contributed by atoms with E-state index in [1.54, 1.807) is 0 Å². The standard InChI is InChI=1S/C18H24N2O2/c1-4-22-18(21)17-15(13-8-6-5-7-9-13)10-14-11-19(2)12-16(17)20(14)3/h5-9,14,16H,4,10-12H2,1-3H3. The third-order valence-electron chi connectivity index (χ3n) is 4.79. The van der Waals surface area contributed by atoms with Gasteiger partial charge < -0.3 is 9.64 Å². The van der Waals surface area contributed by atoms with Crippen molar-refractivity contribution in [1.82, 2.24) is 9.80 Å². The summed E-state index contributed by atoms with van der Waals surface area (Å²) in [6, 6.07) is 10.8. The van der Waals surface area contributed by atoms with Gasteiger partial charge in [0.15, 0.2) is 0 Å². The van der Waals surface area contributed by atoms with Crippen molar-refractivity contribution in [2.45, 2.75) is 25.4 Å². The second-order valence-electron chi connectivity index (χ2n) is 6.24. The number of hydrogen-bond acceptors (Lipinski definition) is 4. The first-order valence-electron chi connectivity index (χ1n) is 7.97. The third kappa shape index (κ3) is 2.69. The largest absolute Gasteiger partial charge is 0.463 e. The first kappa shape index (κ1) is 15.3. The molecule has 1 saturated heterocycles. The zero-order valence-electron chi connectivity index (χ0n) is 13.6. The van der Waals surface area contributed by atoms with Crippen LogP contribution < -0.4 is 0 Å². The summed E-state index contributed by atoms with van der Waals surface area (Å²) < 4.78 is 5.37. The molecule has 4 nitrogen and oxygen atoms in total. The van der Waals surface area contributed by atoms with Crippen LogP contribution in [-0.2, 0) is 9.53 Å². The Morgan fingerprint density at radius 3 is 2.64 bits per heavy atom. The fourth-order valence-corrected chi connectivity index (χ4v) is 3.67. The maximum Gasteiger partial charge on any atom is 0.335 e. The topological polar surface area (TPSA) is 32.8 Å². The van der Waals surface area contributed by atoms with Gasteiger partial charge in [-0.25, -0.2) is 4.79 Å². The van der Waals surface area contributed by atoms with Gasteiger partial charge in [0.05, 0.1) is 18.2 Å². The number of rotatable bonds is 3. The van der Waals surface area contributed by atoms with Crippen LogP contribution in [0.15, 0.2) is 35.9 Å². The average molecular weight is 300 g/mol. The molecule has 1 aromatic carbocycles. The molecule has 22 heavy (non-hydrogen) atoms. The van der Waals surface area contributed by atoms with Crippen molar-refractivity contribution in [2.24, 2.45) is 0 Å². The highest BCUT2D eigenvalue weighted by molar-refractivity contribution is 5.99. The summed E-state index contributed by atoms with van der Waals surface area (Å²) in [5, 5.41) is 0. The Morgan fingerprint density at radius 1 is 1.23 bits per heavy atom. The van der Waals surface area contributed by atoms with Gasteiger partial charge in [0.1, 0.15) is 0 Å². The number of carbonyl (C=O) groups is 1. The molecule has 1 fully saturated rings. The fraction of sp³-hybridized carbons (Fsp3) is 0.500. The molecule has 2 bridgehead atoms. The van der Waals surface area contributed by atoms with Gasteiger partial charge in [-0.2, -0.15) is 0 Å². The number of ether oxygens (including phenoxy) is 1. The minimum absolute atomic E-state index is 0.117. The molecule has 0 amide bonds. The van der Waals surface area contributed by atoms with Crippen molar-refractivity contribution in [2.75, 3.05) is 33.8 Å². The number of hydrogen-bond donors (Lipinski definition) is 0. The molecule has 2 heterocycles. The van der Waals surface area contributed by atoms with E-state index in [9.17, 15) is 4.79 Å². The minimum Gasteiger partial charge on any atom is -0.463 e. The number of fused-ring (bicyclic) bond motifs is 2. The molecule has 118 valence electrons. The SMILES string of the molecule is CCOC(=O)C1=C(c2ccccc2)CC2CN(C)CC1N2C. The monoisotopic (exact) mass is 300 g/mol. The highest BCUT2D eigenvalue weighted by atomic mass is 16.5. The van der Waals surface area contributed by atoms with E-state index in [2.05, 4.69) is 36.0 Å². The number of piperazine rings is 1. The molecule has 0 N–H and O–H groups in total. The molecule has 2 aliphatic heterocycles. The van der Waals surface area contributed by atoms with Gasteiger partial charge in [0, 0.05) is 19.1 Å². The normalized spacial score (nSPS) is 26.1. The summed E-state index contributed by atoms with van der Waals surface area (Å²) in [6.45, 7) is 4.19. The molecular formula is C18H24N2O2. The third-order valence-corrected chi connectivity index (χ3v) is 4.79. The van der Waals surface area contributed by atoms with Gasteiger partial charge in [-0.15, -0.1) is 0 Å². The minimum atomic E-state index is -0.160. The van der Waals surface area contributed by atoms with Crippen LogP contribution in [0.1, 0.15) is 18.9 Å².